The van der Waals surface area contributed by atoms with Crippen LogP contribution in [0.5, 0.6) is 57.5 Å². The zero-order valence-electron chi connectivity index (χ0n) is 69.6. The molecule has 2 aromatic heterocycles. The molecule has 14 aromatic rings. The smallest absolute Gasteiger partial charge is 0.239 e. The molecule has 0 radical (unpaired) electrons. The summed E-state index contributed by atoms with van der Waals surface area (Å²) in [7, 11) is 0. The van der Waals surface area contributed by atoms with Gasteiger partial charge >= 0.3 is 0 Å². The summed E-state index contributed by atoms with van der Waals surface area (Å²) in [6, 6.07) is 95.5. The van der Waals surface area contributed by atoms with Gasteiger partial charge in [-0.2, -0.15) is 0 Å². The van der Waals surface area contributed by atoms with Crippen LogP contribution >= 0.6 is 0 Å². The lowest BCUT2D eigenvalue weighted by Gasteiger charge is -2.17. The van der Waals surface area contributed by atoms with Crippen molar-refractivity contribution in [2.24, 2.45) is 0 Å². The van der Waals surface area contributed by atoms with Gasteiger partial charge in [0.15, 0.2) is 34.5 Å². The molecule has 2 N–H and O–H groups in total. The third-order valence-corrected chi connectivity index (χ3v) is 20.0. The number of hydrogen-bond acceptors (Lipinski definition) is 19. The summed E-state index contributed by atoms with van der Waals surface area (Å²) in [5.41, 5.74) is 7.92. The summed E-state index contributed by atoms with van der Waals surface area (Å²) in [5, 5.41) is 6.25. The van der Waals surface area contributed by atoms with E-state index in [0.29, 0.717) is 111 Å². The predicted molar refractivity (Wildman–Crippen MR) is 479 cm³/mol. The van der Waals surface area contributed by atoms with Gasteiger partial charge in [0.05, 0.1) is 39.6 Å². The minimum Gasteiger partial charge on any atom is -0.489 e. The molecule has 21 heteroatoms. The van der Waals surface area contributed by atoms with Crippen LogP contribution in [0.1, 0.15) is 83.0 Å². The van der Waals surface area contributed by atoms with E-state index in [4.69, 9.17) is 70.4 Å². The molecule has 14 rings (SSSR count). The van der Waals surface area contributed by atoms with Crippen molar-refractivity contribution in [3.63, 3.8) is 0 Å². The Morgan fingerprint density at radius 2 is 0.528 bits per heavy atom. The molecule has 0 aliphatic heterocycles. The number of fused-ring (bicyclic) bond motifs is 2. The second kappa shape index (κ2) is 46.8. The van der Waals surface area contributed by atoms with Crippen molar-refractivity contribution in [2.75, 3.05) is 65.9 Å². The van der Waals surface area contributed by atoms with Gasteiger partial charge in [-0.1, -0.05) is 243 Å². The fourth-order valence-electron chi connectivity index (χ4n) is 13.5. The van der Waals surface area contributed by atoms with Gasteiger partial charge in [-0.25, -0.2) is 0 Å². The van der Waals surface area contributed by atoms with Gasteiger partial charge < -0.3 is 81.0 Å². The van der Waals surface area contributed by atoms with Gasteiger partial charge in [-0.3, -0.25) is 19.2 Å². The zero-order valence-corrected chi connectivity index (χ0v) is 69.6. The fourth-order valence-corrected chi connectivity index (χ4v) is 13.5. The molecule has 12 aromatic carbocycles. The van der Waals surface area contributed by atoms with Gasteiger partial charge in [0.25, 0.3) is 0 Å². The van der Waals surface area contributed by atoms with E-state index in [1.165, 1.54) is 0 Å². The fraction of sp³-hybridized carbons (Fsp3) is 0.231. The van der Waals surface area contributed by atoms with E-state index < -0.39 is 10.9 Å². The Hall–Kier alpha value is -14.1. The van der Waals surface area contributed by atoms with Crippen molar-refractivity contribution in [1.29, 1.82) is 0 Å². The van der Waals surface area contributed by atoms with E-state index in [1.54, 1.807) is 60.7 Å². The van der Waals surface area contributed by atoms with E-state index >= 15 is 9.59 Å². The SMILES string of the molecule is O=C(CCCOc1c(-c2ccc(OCc3ccccc3)c(OCc3ccccc3)c2)oc2cc(OCc3ccccc3)cc(OCc3ccccc3)c2c1=O)NCCCOCCOCCOCCCNC(=O)CCCOc1c(-c2ccc(OCc3ccccc3)c(OCc3ccccc3)c2)oc2cc(OCc3ccccc3)cc(OCc3ccccc3)c2c1=O. The standard InChI is InChI=1S/C104H100N2O19/c107-95(45-25-55-114-103-99(109)97-91(122-73-81-41-21-7-22-42-81)63-85(116-67-75-29-9-1-10-30-75)65-93(97)124-101(103)83-47-49-87(118-69-77-33-13-3-14-34-77)89(61-83)120-71-79-37-17-5-18-38-79)105-51-27-53-111-57-59-113-60-58-112-54-28-52-106-96(108)46-26-56-115-104-100(110)98-92(123-74-82-43-23-8-24-44-82)64-86(117-68-76-31-11-2-12-32-76)66-94(98)125-102(104)84-48-50-88(119-70-78-35-15-4-16-36-78)90(62-84)121-72-80-39-19-6-20-40-80/h1-24,29-44,47-50,61-66H,25-28,45-46,51-60,67-74H2,(H,105,107)(H,106,108). The summed E-state index contributed by atoms with van der Waals surface area (Å²) >= 11 is 0. The van der Waals surface area contributed by atoms with Gasteiger partial charge in [0, 0.05) is 74.5 Å². The molecule has 0 aliphatic carbocycles. The highest BCUT2D eigenvalue weighted by atomic mass is 16.6. The second-order valence-electron chi connectivity index (χ2n) is 29.4. The molecule has 0 bridgehead atoms. The first-order valence-corrected chi connectivity index (χ1v) is 42.1. The van der Waals surface area contributed by atoms with Crippen LogP contribution in [0.15, 0.2) is 322 Å². The number of rotatable bonds is 50. The molecule has 2 amide bonds. The number of nitrogens with one attached hydrogen (secondary N) is 2. The number of amides is 2. The van der Waals surface area contributed by atoms with Crippen molar-refractivity contribution in [1.82, 2.24) is 10.6 Å². The molecular formula is C104H100N2O19. The summed E-state index contributed by atoms with van der Waals surface area (Å²) in [5.74, 6) is 2.89. The van der Waals surface area contributed by atoms with E-state index in [9.17, 15) is 9.59 Å². The van der Waals surface area contributed by atoms with Crippen LogP contribution in [-0.2, 0) is 76.7 Å². The van der Waals surface area contributed by atoms with Gasteiger partial charge in [0.2, 0.25) is 34.2 Å². The monoisotopic (exact) mass is 1680 g/mol. The predicted octanol–water partition coefficient (Wildman–Crippen LogP) is 19.9. The molecular weight excluding hydrogens is 1580 g/mol. The summed E-state index contributed by atoms with van der Waals surface area (Å²) < 4.78 is 95.2. The van der Waals surface area contributed by atoms with Gasteiger partial charge in [0.1, 0.15) is 97.8 Å². The number of benzene rings is 12. The lowest BCUT2D eigenvalue weighted by molar-refractivity contribution is -0.122. The average Bonchev–Trinajstić information content (AvgIpc) is 0.759. The molecule has 0 atom stereocenters. The van der Waals surface area contributed by atoms with Crippen molar-refractivity contribution in [3.05, 3.63) is 368 Å². The molecule has 0 spiro atoms. The van der Waals surface area contributed by atoms with Crippen LogP contribution in [0.25, 0.3) is 44.6 Å². The minimum absolute atomic E-state index is 0.00177. The molecule has 0 unspecified atom stereocenters. The second-order valence-corrected chi connectivity index (χ2v) is 29.4. The highest BCUT2D eigenvalue weighted by Gasteiger charge is 2.27. The van der Waals surface area contributed by atoms with E-state index in [-0.39, 0.29) is 160 Å². The van der Waals surface area contributed by atoms with Crippen LogP contribution in [0, 0.1) is 0 Å². The molecule has 640 valence electrons. The van der Waals surface area contributed by atoms with Crippen molar-refractivity contribution in [2.45, 2.75) is 91.4 Å². The molecule has 2 heterocycles. The molecule has 0 fully saturated rings. The highest BCUT2D eigenvalue weighted by Crippen LogP contribution is 2.43. The van der Waals surface area contributed by atoms with Gasteiger partial charge in [-0.15, -0.1) is 0 Å². The van der Waals surface area contributed by atoms with Crippen LogP contribution < -0.4 is 68.9 Å². The minimum atomic E-state index is -0.477. The number of carbonyl (C=O) groups excluding carboxylic acids is 2. The number of carbonyl (C=O) groups is 2. The lowest BCUT2D eigenvalue weighted by Crippen LogP contribution is -2.25. The largest absolute Gasteiger partial charge is 0.489 e. The Balaban J connectivity index is 0.532. The van der Waals surface area contributed by atoms with E-state index in [0.717, 1.165) is 44.5 Å². The van der Waals surface area contributed by atoms with Crippen LogP contribution in [0.3, 0.4) is 0 Å². The van der Waals surface area contributed by atoms with Gasteiger partial charge in [-0.05, 0) is 107 Å². The van der Waals surface area contributed by atoms with E-state index in [1.807, 2.05) is 243 Å². The molecule has 0 saturated carbocycles. The van der Waals surface area contributed by atoms with Crippen LogP contribution in [0.2, 0.25) is 0 Å². The maximum atomic E-state index is 15.2. The maximum absolute atomic E-state index is 15.2. The van der Waals surface area contributed by atoms with E-state index in [2.05, 4.69) is 10.6 Å². The topological polar surface area (TPSA) is 239 Å². The quantitative estimate of drug-likeness (QED) is 0.0337. The first kappa shape index (κ1) is 87.2. The molecule has 21 nitrogen and oxygen atoms in total. The lowest BCUT2D eigenvalue weighted by atomic mass is 10.1. The van der Waals surface area contributed by atoms with Crippen LogP contribution in [-0.4, -0.2) is 77.8 Å². The van der Waals surface area contributed by atoms with Crippen molar-refractivity contribution < 1.29 is 80.0 Å². The Morgan fingerprint density at radius 1 is 0.256 bits per heavy atom. The number of ether oxygens (including phenoxy) is 13. The highest BCUT2D eigenvalue weighted by molar-refractivity contribution is 5.90. The normalized spacial score (nSPS) is 11.1. The van der Waals surface area contributed by atoms with Crippen molar-refractivity contribution in [3.8, 4) is 80.1 Å². The summed E-state index contributed by atoms with van der Waals surface area (Å²) in [6.45, 7) is 4.83. The Labute approximate surface area is 726 Å². The first-order valence-electron chi connectivity index (χ1n) is 42.1. The first-order chi connectivity index (χ1) is 61.7. The van der Waals surface area contributed by atoms with Crippen LogP contribution in [0.4, 0.5) is 0 Å². The average molecular weight is 1680 g/mol. The Kier molecular flexibility index (Phi) is 32.6. The molecule has 125 heavy (non-hydrogen) atoms. The Bertz CT molecular complexity index is 5470. The molecule has 0 saturated heterocycles. The van der Waals surface area contributed by atoms with Crippen molar-refractivity contribution >= 4 is 33.8 Å². The third kappa shape index (κ3) is 26.5. The summed E-state index contributed by atoms with van der Waals surface area (Å²) in [4.78, 5) is 56.9. The maximum Gasteiger partial charge on any atom is 0.239 e. The molecule has 0 aliphatic rings. The zero-order chi connectivity index (χ0) is 85.7. The third-order valence-electron chi connectivity index (χ3n) is 20.0. The summed E-state index contributed by atoms with van der Waals surface area (Å²) in [6.07, 6.45) is 1.94. The Morgan fingerprint density at radius 3 is 0.832 bits per heavy atom. The number of hydrogen-bond donors (Lipinski definition) is 2.